The quantitative estimate of drug-likeness (QED) is 0.816. The number of hydrogen-bond acceptors (Lipinski definition) is 4. The number of benzene rings is 1. The van der Waals surface area contributed by atoms with Crippen LogP contribution in [-0.4, -0.2) is 42.6 Å². The van der Waals surface area contributed by atoms with Crippen LogP contribution < -0.4 is 10.6 Å². The summed E-state index contributed by atoms with van der Waals surface area (Å²) in [6.45, 7) is 6.95. The molecule has 2 N–H and O–H groups in total. The highest BCUT2D eigenvalue weighted by Crippen LogP contribution is 2.32. The molecule has 0 amide bonds. The summed E-state index contributed by atoms with van der Waals surface area (Å²) >= 11 is 5.91. The van der Waals surface area contributed by atoms with Crippen molar-refractivity contribution in [3.05, 3.63) is 41.1 Å². The Labute approximate surface area is 157 Å². The summed E-state index contributed by atoms with van der Waals surface area (Å²) in [5.74, 6) is -0.951. The molecule has 1 saturated heterocycles. The van der Waals surface area contributed by atoms with E-state index < -0.39 is 11.8 Å². The second-order valence-corrected chi connectivity index (χ2v) is 7.50. The normalized spacial score (nSPS) is 18.6. The number of rotatable bonds is 3. The van der Waals surface area contributed by atoms with E-state index in [1.165, 1.54) is 12.1 Å². The van der Waals surface area contributed by atoms with E-state index in [-0.39, 0.29) is 22.0 Å². The zero-order chi connectivity index (χ0) is 19.0. The van der Waals surface area contributed by atoms with Gasteiger partial charge in [0.1, 0.15) is 11.6 Å². The van der Waals surface area contributed by atoms with E-state index in [0.29, 0.717) is 12.0 Å². The zero-order valence-corrected chi connectivity index (χ0v) is 15.9. The summed E-state index contributed by atoms with van der Waals surface area (Å²) in [4.78, 5) is 8.04. The number of piperazine rings is 1. The summed E-state index contributed by atoms with van der Waals surface area (Å²) in [6, 6.07) is 6.54. The molecular formula is C19H23ClF2N4. The third-order valence-corrected chi connectivity index (χ3v) is 5.33. The van der Waals surface area contributed by atoms with Gasteiger partial charge in [0.05, 0.1) is 5.02 Å². The zero-order valence-electron chi connectivity index (χ0n) is 15.1. The van der Waals surface area contributed by atoms with Gasteiger partial charge in [0, 0.05) is 42.5 Å². The molecule has 1 aromatic heterocycles. The minimum absolute atomic E-state index is 0.00619. The van der Waals surface area contributed by atoms with E-state index in [4.69, 9.17) is 17.3 Å². The number of hydrogen-bond donors (Lipinski definition) is 1. The summed E-state index contributed by atoms with van der Waals surface area (Å²) in [7, 11) is 2.12. The molecule has 0 saturated carbocycles. The van der Waals surface area contributed by atoms with Crippen molar-refractivity contribution in [3.63, 3.8) is 0 Å². The van der Waals surface area contributed by atoms with Crippen LogP contribution in [0.5, 0.6) is 0 Å². The molecule has 2 aromatic rings. The average Bonchev–Trinajstić information content (AvgIpc) is 2.58. The molecular weight excluding hydrogens is 358 g/mol. The van der Waals surface area contributed by atoms with Gasteiger partial charge in [-0.2, -0.15) is 4.39 Å². The van der Waals surface area contributed by atoms with Gasteiger partial charge in [0.2, 0.25) is 5.95 Å². The molecule has 4 nitrogen and oxygen atoms in total. The van der Waals surface area contributed by atoms with E-state index in [1.807, 2.05) is 6.07 Å². The summed E-state index contributed by atoms with van der Waals surface area (Å²) in [6.07, 6.45) is 0. The topological polar surface area (TPSA) is 45.4 Å². The van der Waals surface area contributed by atoms with Crippen LogP contribution in [0.15, 0.2) is 24.3 Å². The first-order valence-corrected chi connectivity index (χ1v) is 9.02. The van der Waals surface area contributed by atoms with Gasteiger partial charge in [-0.05, 0) is 37.2 Å². The predicted molar refractivity (Wildman–Crippen MR) is 102 cm³/mol. The van der Waals surface area contributed by atoms with Gasteiger partial charge in [-0.25, -0.2) is 9.37 Å². The fourth-order valence-corrected chi connectivity index (χ4v) is 3.59. The lowest BCUT2D eigenvalue weighted by Gasteiger charge is -2.42. The van der Waals surface area contributed by atoms with Crippen molar-refractivity contribution in [1.82, 2.24) is 9.88 Å². The number of nitrogens with two attached hydrogens (primary N) is 1. The van der Waals surface area contributed by atoms with Crippen molar-refractivity contribution >= 4 is 23.1 Å². The Morgan fingerprint density at radius 1 is 1.19 bits per heavy atom. The van der Waals surface area contributed by atoms with Gasteiger partial charge in [-0.1, -0.05) is 25.4 Å². The molecule has 0 radical (unpaired) electrons. The Morgan fingerprint density at radius 3 is 2.58 bits per heavy atom. The third kappa shape index (κ3) is 3.62. The smallest absolute Gasteiger partial charge is 0.222 e. The van der Waals surface area contributed by atoms with Gasteiger partial charge in [-0.15, -0.1) is 0 Å². The minimum Gasteiger partial charge on any atom is -0.382 e. The maximum absolute atomic E-state index is 14.7. The summed E-state index contributed by atoms with van der Waals surface area (Å²) in [5.41, 5.74) is 6.41. The van der Waals surface area contributed by atoms with Crippen LogP contribution in [0.3, 0.4) is 0 Å². The van der Waals surface area contributed by atoms with E-state index in [9.17, 15) is 8.78 Å². The Bertz CT molecular complexity index is 812. The van der Waals surface area contributed by atoms with Crippen LogP contribution in [-0.2, 0) is 0 Å². The maximum atomic E-state index is 14.7. The first-order chi connectivity index (χ1) is 12.3. The highest BCUT2D eigenvalue weighted by Gasteiger charge is 2.27. The number of halogens is 3. The van der Waals surface area contributed by atoms with Gasteiger partial charge in [-0.3, -0.25) is 4.90 Å². The van der Waals surface area contributed by atoms with Gasteiger partial charge < -0.3 is 10.6 Å². The lowest BCUT2D eigenvalue weighted by Crippen LogP contribution is -2.53. The number of aromatic nitrogens is 1. The van der Waals surface area contributed by atoms with Gasteiger partial charge >= 0.3 is 0 Å². The second kappa shape index (κ2) is 7.37. The first kappa shape index (κ1) is 18.9. The van der Waals surface area contributed by atoms with Crippen LogP contribution in [0.25, 0.3) is 11.1 Å². The van der Waals surface area contributed by atoms with Crippen molar-refractivity contribution < 1.29 is 8.78 Å². The van der Waals surface area contributed by atoms with E-state index >= 15 is 0 Å². The molecule has 0 aliphatic carbocycles. The minimum atomic E-state index is -0.835. The molecule has 1 aliphatic rings. The van der Waals surface area contributed by atoms with Crippen LogP contribution in [0, 0.1) is 17.7 Å². The molecule has 1 aromatic carbocycles. The molecule has 0 bridgehead atoms. The molecule has 0 spiro atoms. The SMILES string of the molecule is CC(C)[C@H]1CN(c2ccc(-c3cc(Cl)c(N)nc3F)c(F)c2)CCN1C. The third-order valence-electron chi connectivity index (χ3n) is 5.03. The number of nitrogen functional groups attached to an aromatic ring is 1. The molecule has 1 atom stereocenters. The van der Waals surface area contributed by atoms with Crippen LogP contribution >= 0.6 is 11.6 Å². The van der Waals surface area contributed by atoms with Crippen molar-refractivity contribution in [2.75, 3.05) is 37.3 Å². The Kier molecular flexibility index (Phi) is 5.34. The fraction of sp³-hybridized carbons (Fsp3) is 0.421. The molecule has 2 heterocycles. The van der Waals surface area contributed by atoms with E-state index in [0.717, 1.165) is 25.3 Å². The van der Waals surface area contributed by atoms with Crippen LogP contribution in [0.4, 0.5) is 20.3 Å². The number of likely N-dealkylation sites (N-methyl/N-ethyl adjacent to an activating group) is 1. The van der Waals surface area contributed by atoms with E-state index in [2.05, 4.69) is 35.7 Å². The Hall–Kier alpha value is -1.92. The van der Waals surface area contributed by atoms with Crippen molar-refractivity contribution in [2.24, 2.45) is 5.92 Å². The Balaban J connectivity index is 1.90. The maximum Gasteiger partial charge on any atom is 0.222 e. The first-order valence-electron chi connectivity index (χ1n) is 8.64. The van der Waals surface area contributed by atoms with Crippen LogP contribution in [0.2, 0.25) is 5.02 Å². The predicted octanol–water partition coefficient (Wildman–Crippen LogP) is 4.04. The molecule has 26 heavy (non-hydrogen) atoms. The van der Waals surface area contributed by atoms with Gasteiger partial charge in [0.25, 0.3) is 0 Å². The monoisotopic (exact) mass is 380 g/mol. The average molecular weight is 381 g/mol. The highest BCUT2D eigenvalue weighted by molar-refractivity contribution is 6.33. The van der Waals surface area contributed by atoms with E-state index in [1.54, 1.807) is 6.07 Å². The fourth-order valence-electron chi connectivity index (χ4n) is 3.44. The summed E-state index contributed by atoms with van der Waals surface area (Å²) in [5, 5.41) is 0.101. The van der Waals surface area contributed by atoms with Crippen LogP contribution in [0.1, 0.15) is 13.8 Å². The number of pyridine rings is 1. The lowest BCUT2D eigenvalue weighted by molar-refractivity contribution is 0.173. The molecule has 7 heteroatoms. The Morgan fingerprint density at radius 2 is 1.92 bits per heavy atom. The van der Waals surface area contributed by atoms with Gasteiger partial charge in [0.15, 0.2) is 0 Å². The lowest BCUT2D eigenvalue weighted by atomic mass is 9.99. The summed E-state index contributed by atoms with van der Waals surface area (Å²) < 4.78 is 28.8. The molecule has 3 rings (SSSR count). The molecule has 1 fully saturated rings. The van der Waals surface area contributed by atoms with Crippen molar-refractivity contribution in [1.29, 1.82) is 0 Å². The van der Waals surface area contributed by atoms with Crippen molar-refractivity contribution in [3.8, 4) is 11.1 Å². The molecule has 140 valence electrons. The highest BCUT2D eigenvalue weighted by atomic mass is 35.5. The number of anilines is 2. The largest absolute Gasteiger partial charge is 0.382 e. The second-order valence-electron chi connectivity index (χ2n) is 7.10. The molecule has 0 unspecified atom stereocenters. The molecule has 1 aliphatic heterocycles. The standard InChI is InChI=1S/C19H23ClF2N4/c1-11(2)17-10-26(7-6-25(17)3)12-4-5-13(16(21)8-12)14-9-15(20)19(23)24-18(14)22/h4-5,8-9,11,17H,6-7,10H2,1-3H3,(H2,23,24)/t17-/m1/s1. The number of nitrogens with zero attached hydrogens (tertiary/aromatic N) is 3. The van der Waals surface area contributed by atoms with Crippen molar-refractivity contribution in [2.45, 2.75) is 19.9 Å².